The third-order valence-corrected chi connectivity index (χ3v) is 3.30. The van der Waals surface area contributed by atoms with E-state index in [0.717, 1.165) is 0 Å². The molecule has 0 amide bonds. The monoisotopic (exact) mass is 316 g/mol. The quantitative estimate of drug-likeness (QED) is 0.713. The van der Waals surface area contributed by atoms with Gasteiger partial charge in [0.2, 0.25) is 0 Å². The molecule has 0 aliphatic rings. The molecule has 1 unspecified atom stereocenters. The zero-order valence-electron chi connectivity index (χ0n) is 10.4. The van der Waals surface area contributed by atoms with Crippen molar-refractivity contribution in [1.29, 1.82) is 0 Å². The van der Waals surface area contributed by atoms with Gasteiger partial charge in [0, 0.05) is 17.5 Å². The van der Waals surface area contributed by atoms with Crippen LogP contribution in [0.4, 0.5) is 13.2 Å². The summed E-state index contributed by atoms with van der Waals surface area (Å²) >= 11 is 11.9. The molecule has 0 bridgehead atoms. The van der Waals surface area contributed by atoms with Gasteiger partial charge in [-0.3, -0.25) is 0 Å². The van der Waals surface area contributed by atoms with Gasteiger partial charge >= 0.3 is 6.18 Å². The number of halogens is 5. The van der Waals surface area contributed by atoms with E-state index in [1.165, 1.54) is 26.4 Å². The van der Waals surface area contributed by atoms with E-state index in [1.54, 1.807) is 0 Å². The molecule has 1 rings (SSSR count). The summed E-state index contributed by atoms with van der Waals surface area (Å²) < 4.78 is 46.6. The van der Waals surface area contributed by atoms with Gasteiger partial charge in [-0.15, -0.1) is 11.6 Å². The van der Waals surface area contributed by atoms with Gasteiger partial charge in [-0.05, 0) is 18.1 Å². The highest BCUT2D eigenvalue weighted by Crippen LogP contribution is 2.40. The molecular formula is C12H13Cl2F3O2. The van der Waals surface area contributed by atoms with Crippen LogP contribution in [0.2, 0.25) is 5.02 Å². The molecule has 0 N–H and O–H groups in total. The predicted octanol–water partition coefficient (Wildman–Crippen LogP) is 4.98. The lowest BCUT2D eigenvalue weighted by molar-refractivity contribution is -0.135. The zero-order valence-corrected chi connectivity index (χ0v) is 11.9. The minimum absolute atomic E-state index is 0.250. The zero-order chi connectivity index (χ0) is 14.6. The number of benzene rings is 1. The summed E-state index contributed by atoms with van der Waals surface area (Å²) in [4.78, 5) is 0. The van der Waals surface area contributed by atoms with Crippen molar-refractivity contribution in [3.63, 3.8) is 0 Å². The summed E-state index contributed by atoms with van der Waals surface area (Å²) in [6, 6.07) is 2.97. The van der Waals surface area contributed by atoms with E-state index in [9.17, 15) is 13.2 Å². The summed E-state index contributed by atoms with van der Waals surface area (Å²) in [5, 5.41) is -0.589. The molecule has 0 aromatic heterocycles. The van der Waals surface area contributed by atoms with Gasteiger partial charge in [0.1, 0.15) is 0 Å². The van der Waals surface area contributed by atoms with Gasteiger partial charge in [0.25, 0.3) is 0 Å². The third-order valence-electron chi connectivity index (χ3n) is 2.52. The first-order valence-electron chi connectivity index (χ1n) is 5.40. The Bertz CT molecular complexity index is 436. The molecule has 1 aromatic carbocycles. The summed E-state index contributed by atoms with van der Waals surface area (Å²) in [6.45, 7) is 0. The van der Waals surface area contributed by atoms with Crippen molar-refractivity contribution in [3.05, 3.63) is 22.7 Å². The van der Waals surface area contributed by atoms with Crippen LogP contribution in [0.25, 0.3) is 0 Å². The summed E-state index contributed by atoms with van der Waals surface area (Å²) in [5.41, 5.74) is 0.394. The van der Waals surface area contributed by atoms with Crippen molar-refractivity contribution < 1.29 is 22.6 Å². The molecule has 19 heavy (non-hydrogen) atoms. The summed E-state index contributed by atoms with van der Waals surface area (Å²) in [7, 11) is 2.87. The van der Waals surface area contributed by atoms with Gasteiger partial charge in [-0.2, -0.15) is 13.2 Å². The molecule has 0 aliphatic carbocycles. The second-order valence-corrected chi connectivity index (χ2v) is 4.78. The molecule has 0 saturated carbocycles. The molecule has 0 saturated heterocycles. The Kier molecular flexibility index (Phi) is 5.62. The molecule has 2 nitrogen and oxygen atoms in total. The average molecular weight is 317 g/mol. The van der Waals surface area contributed by atoms with E-state index in [2.05, 4.69) is 0 Å². The fraction of sp³-hybridized carbons (Fsp3) is 0.500. The van der Waals surface area contributed by atoms with Crippen LogP contribution in [0, 0.1) is 0 Å². The van der Waals surface area contributed by atoms with Crippen LogP contribution in [0.5, 0.6) is 11.5 Å². The van der Waals surface area contributed by atoms with Crippen LogP contribution < -0.4 is 9.47 Å². The molecule has 7 heteroatoms. The second-order valence-electron chi connectivity index (χ2n) is 3.85. The van der Waals surface area contributed by atoms with E-state index in [0.29, 0.717) is 17.1 Å². The minimum atomic E-state index is -4.24. The molecule has 1 atom stereocenters. The molecule has 0 fully saturated rings. The Morgan fingerprint density at radius 3 is 2.16 bits per heavy atom. The Morgan fingerprint density at radius 2 is 1.68 bits per heavy atom. The third kappa shape index (κ3) is 4.66. The van der Waals surface area contributed by atoms with Gasteiger partial charge in [-0.25, -0.2) is 0 Å². The van der Waals surface area contributed by atoms with Crippen molar-refractivity contribution in [2.45, 2.75) is 24.4 Å². The fourth-order valence-corrected chi connectivity index (χ4v) is 2.19. The smallest absolute Gasteiger partial charge is 0.389 e. The highest BCUT2D eigenvalue weighted by atomic mass is 35.5. The molecule has 1 aromatic rings. The topological polar surface area (TPSA) is 18.5 Å². The van der Waals surface area contributed by atoms with E-state index in [-0.39, 0.29) is 11.4 Å². The molecule has 0 spiro atoms. The highest BCUT2D eigenvalue weighted by Gasteiger charge is 2.29. The standard InChI is InChI=1S/C12H13Cl2F3O2/c1-18-10-5-7(9(14)6-11(10)19-2)8(13)3-4-12(15,16)17/h5-6,8H,3-4H2,1-2H3. The summed E-state index contributed by atoms with van der Waals surface area (Å²) in [5.74, 6) is 0.774. The maximum absolute atomic E-state index is 12.2. The summed E-state index contributed by atoms with van der Waals surface area (Å²) in [6.07, 6.45) is -5.46. The maximum Gasteiger partial charge on any atom is 0.389 e. The SMILES string of the molecule is COc1cc(Cl)c(C(Cl)CCC(F)(F)F)cc1OC. The number of hydrogen-bond donors (Lipinski definition) is 0. The molecule has 0 heterocycles. The first-order chi connectivity index (χ1) is 8.78. The first-order valence-corrected chi connectivity index (χ1v) is 6.22. The van der Waals surface area contributed by atoms with Gasteiger partial charge < -0.3 is 9.47 Å². The van der Waals surface area contributed by atoms with Crippen LogP contribution in [0.3, 0.4) is 0 Å². The minimum Gasteiger partial charge on any atom is -0.493 e. The predicted molar refractivity (Wildman–Crippen MR) is 68.4 cm³/mol. The van der Waals surface area contributed by atoms with Gasteiger partial charge in [0.15, 0.2) is 11.5 Å². The number of hydrogen-bond acceptors (Lipinski definition) is 2. The number of alkyl halides is 4. The van der Waals surface area contributed by atoms with E-state index >= 15 is 0 Å². The van der Waals surface area contributed by atoms with Crippen molar-refractivity contribution in [2.24, 2.45) is 0 Å². The lowest BCUT2D eigenvalue weighted by atomic mass is 10.1. The van der Waals surface area contributed by atoms with Crippen LogP contribution in [-0.2, 0) is 0 Å². The number of ether oxygens (including phenoxy) is 2. The Hall–Kier alpha value is -0.810. The first kappa shape index (κ1) is 16.2. The van der Waals surface area contributed by atoms with Crippen LogP contribution in [0.1, 0.15) is 23.8 Å². The Balaban J connectivity index is 2.93. The second kappa shape index (κ2) is 6.57. The molecule has 108 valence electrons. The Morgan fingerprint density at radius 1 is 1.16 bits per heavy atom. The normalized spacial score (nSPS) is 13.2. The van der Waals surface area contributed by atoms with Gasteiger partial charge in [0.05, 0.1) is 19.6 Å². The number of methoxy groups -OCH3 is 2. The van der Waals surface area contributed by atoms with Crippen molar-refractivity contribution in [3.8, 4) is 11.5 Å². The van der Waals surface area contributed by atoms with Gasteiger partial charge in [-0.1, -0.05) is 11.6 Å². The molecule has 0 aliphatic heterocycles. The molecular weight excluding hydrogens is 304 g/mol. The van der Waals surface area contributed by atoms with Crippen molar-refractivity contribution in [1.82, 2.24) is 0 Å². The van der Waals surface area contributed by atoms with Crippen molar-refractivity contribution >= 4 is 23.2 Å². The van der Waals surface area contributed by atoms with Crippen LogP contribution >= 0.6 is 23.2 Å². The highest BCUT2D eigenvalue weighted by molar-refractivity contribution is 6.33. The lowest BCUT2D eigenvalue weighted by Gasteiger charge is -2.16. The fourth-order valence-electron chi connectivity index (χ4n) is 1.56. The average Bonchev–Trinajstić information content (AvgIpc) is 2.34. The van der Waals surface area contributed by atoms with Crippen LogP contribution in [-0.4, -0.2) is 20.4 Å². The van der Waals surface area contributed by atoms with E-state index in [1.807, 2.05) is 0 Å². The largest absolute Gasteiger partial charge is 0.493 e. The lowest BCUT2D eigenvalue weighted by Crippen LogP contribution is -2.08. The van der Waals surface area contributed by atoms with E-state index in [4.69, 9.17) is 32.7 Å². The van der Waals surface area contributed by atoms with Crippen molar-refractivity contribution in [2.75, 3.05) is 14.2 Å². The van der Waals surface area contributed by atoms with E-state index < -0.39 is 18.0 Å². The maximum atomic E-state index is 12.2. The molecule has 0 radical (unpaired) electrons. The van der Waals surface area contributed by atoms with Crippen LogP contribution in [0.15, 0.2) is 12.1 Å². The Labute approximate surface area is 119 Å². The number of rotatable bonds is 5.